The largest absolute Gasteiger partial charge is 0.340 e. The summed E-state index contributed by atoms with van der Waals surface area (Å²) in [6.07, 6.45) is 0. The molecule has 6 heteroatoms. The Morgan fingerprint density at radius 2 is 1.77 bits per heavy atom. The predicted molar refractivity (Wildman–Crippen MR) is 114 cm³/mol. The van der Waals surface area contributed by atoms with Crippen LogP contribution in [0.2, 0.25) is 5.02 Å². The third-order valence-corrected chi connectivity index (χ3v) is 4.79. The maximum atomic E-state index is 12.5. The molecule has 0 heterocycles. The molecule has 0 aliphatic carbocycles. The number of nitrogens with one attached hydrogen (secondary N) is 2. The summed E-state index contributed by atoms with van der Waals surface area (Å²) >= 11 is 11.7. The molecule has 4 nitrogen and oxygen atoms in total. The fourth-order valence-electron chi connectivity index (χ4n) is 2.61. The molecule has 0 saturated carbocycles. The van der Waals surface area contributed by atoms with Crippen LogP contribution in [0.3, 0.4) is 0 Å². The van der Waals surface area contributed by atoms with Gasteiger partial charge in [-0.2, -0.15) is 0 Å². The van der Waals surface area contributed by atoms with Crippen LogP contribution in [0.4, 0.5) is 11.4 Å². The second kappa shape index (κ2) is 9.01. The highest BCUT2D eigenvalue weighted by atomic mass is 35.5. The summed E-state index contributed by atoms with van der Waals surface area (Å²) in [6, 6.07) is 11.6. The monoisotopic (exact) mass is 389 g/mol. The van der Waals surface area contributed by atoms with Gasteiger partial charge in [-0.1, -0.05) is 35.9 Å². The van der Waals surface area contributed by atoms with E-state index in [4.69, 9.17) is 23.8 Å². The minimum Gasteiger partial charge on any atom is -0.340 e. The Balaban J connectivity index is 2.03. The number of likely N-dealkylation sites (N-methyl/N-ethyl adjacent to an activating group) is 1. The molecule has 2 aromatic rings. The number of anilines is 2. The van der Waals surface area contributed by atoms with Crippen molar-refractivity contribution in [3.63, 3.8) is 0 Å². The quantitative estimate of drug-likeness (QED) is 0.712. The highest BCUT2D eigenvalue weighted by Gasteiger charge is 2.15. The number of hydrogen-bond acceptors (Lipinski definition) is 2. The third-order valence-electron chi connectivity index (χ3n) is 4.12. The number of rotatable bonds is 5. The molecule has 0 atom stereocenters. The normalized spacial score (nSPS) is 10.3. The molecule has 0 fully saturated rings. The minimum absolute atomic E-state index is 0.108. The van der Waals surface area contributed by atoms with Gasteiger partial charge in [0.1, 0.15) is 0 Å². The van der Waals surface area contributed by atoms with Crippen LogP contribution in [0.25, 0.3) is 0 Å². The summed E-state index contributed by atoms with van der Waals surface area (Å²) in [7, 11) is 0. The second-order valence-electron chi connectivity index (χ2n) is 6.24. The van der Waals surface area contributed by atoms with E-state index in [-0.39, 0.29) is 12.5 Å². The SMILES string of the molecule is CCN(CC(=O)Nc1c(C)cccc1C)C(=S)Nc1ccc(C)cc1Cl. The van der Waals surface area contributed by atoms with E-state index in [0.29, 0.717) is 16.7 Å². The van der Waals surface area contributed by atoms with Crippen LogP contribution in [0.15, 0.2) is 36.4 Å². The summed E-state index contributed by atoms with van der Waals surface area (Å²) in [6.45, 7) is 8.66. The summed E-state index contributed by atoms with van der Waals surface area (Å²) < 4.78 is 0. The fourth-order valence-corrected chi connectivity index (χ4v) is 3.19. The minimum atomic E-state index is -0.108. The molecule has 2 rings (SSSR count). The maximum absolute atomic E-state index is 12.5. The van der Waals surface area contributed by atoms with E-state index < -0.39 is 0 Å². The number of thiocarbonyl (C=S) groups is 1. The zero-order valence-electron chi connectivity index (χ0n) is 15.5. The van der Waals surface area contributed by atoms with Gasteiger partial charge in [0.05, 0.1) is 17.3 Å². The van der Waals surface area contributed by atoms with E-state index in [9.17, 15) is 4.79 Å². The number of benzene rings is 2. The van der Waals surface area contributed by atoms with Crippen LogP contribution >= 0.6 is 23.8 Å². The first-order valence-electron chi connectivity index (χ1n) is 8.50. The van der Waals surface area contributed by atoms with Gasteiger partial charge in [0, 0.05) is 12.2 Å². The maximum Gasteiger partial charge on any atom is 0.243 e. The molecule has 0 aliphatic rings. The number of carbonyl (C=O) groups excluding carboxylic acids is 1. The molecule has 0 saturated heterocycles. The topological polar surface area (TPSA) is 44.4 Å². The highest BCUT2D eigenvalue weighted by molar-refractivity contribution is 7.80. The Morgan fingerprint density at radius 1 is 1.12 bits per heavy atom. The van der Waals surface area contributed by atoms with Crippen LogP contribution < -0.4 is 10.6 Å². The number of nitrogens with zero attached hydrogens (tertiary/aromatic N) is 1. The average Bonchev–Trinajstić information content (AvgIpc) is 2.58. The van der Waals surface area contributed by atoms with Crippen molar-refractivity contribution in [2.75, 3.05) is 23.7 Å². The molecule has 0 aliphatic heterocycles. The lowest BCUT2D eigenvalue weighted by atomic mass is 10.1. The Labute approximate surface area is 165 Å². The van der Waals surface area contributed by atoms with E-state index in [1.165, 1.54) is 0 Å². The molecule has 0 aromatic heterocycles. The zero-order valence-corrected chi connectivity index (χ0v) is 17.1. The highest BCUT2D eigenvalue weighted by Crippen LogP contribution is 2.23. The molecule has 2 aromatic carbocycles. The van der Waals surface area contributed by atoms with E-state index in [1.54, 1.807) is 4.90 Å². The number of hydrogen-bond donors (Lipinski definition) is 2. The number of amides is 1. The van der Waals surface area contributed by atoms with Crippen molar-refractivity contribution >= 4 is 46.2 Å². The van der Waals surface area contributed by atoms with Crippen LogP contribution in [-0.2, 0) is 4.79 Å². The lowest BCUT2D eigenvalue weighted by Crippen LogP contribution is -2.40. The molecule has 26 heavy (non-hydrogen) atoms. The fraction of sp³-hybridized carbons (Fsp3) is 0.300. The van der Waals surface area contributed by atoms with Crippen molar-refractivity contribution in [2.45, 2.75) is 27.7 Å². The van der Waals surface area contributed by atoms with Gasteiger partial charge in [-0.15, -0.1) is 0 Å². The van der Waals surface area contributed by atoms with Gasteiger partial charge in [-0.05, 0) is 68.7 Å². The van der Waals surface area contributed by atoms with Crippen molar-refractivity contribution < 1.29 is 4.79 Å². The van der Waals surface area contributed by atoms with E-state index >= 15 is 0 Å². The first-order chi connectivity index (χ1) is 12.3. The van der Waals surface area contributed by atoms with E-state index in [1.807, 2.05) is 64.1 Å². The van der Waals surface area contributed by atoms with Crippen molar-refractivity contribution in [3.05, 3.63) is 58.1 Å². The first-order valence-corrected chi connectivity index (χ1v) is 9.28. The van der Waals surface area contributed by atoms with Crippen molar-refractivity contribution in [3.8, 4) is 0 Å². The van der Waals surface area contributed by atoms with Gasteiger partial charge in [-0.25, -0.2) is 0 Å². The standard InChI is InChI=1S/C20H24ClN3OS/c1-5-24(20(26)22-17-10-9-13(2)11-16(17)21)12-18(25)23-19-14(3)7-6-8-15(19)4/h6-11H,5,12H2,1-4H3,(H,22,26)(H,23,25). The molecule has 0 unspecified atom stereocenters. The number of aryl methyl sites for hydroxylation is 3. The smallest absolute Gasteiger partial charge is 0.243 e. The number of carbonyl (C=O) groups is 1. The zero-order chi connectivity index (χ0) is 19.3. The molecular weight excluding hydrogens is 366 g/mol. The Bertz CT molecular complexity index is 802. The molecule has 0 radical (unpaired) electrons. The Hall–Kier alpha value is -2.11. The van der Waals surface area contributed by atoms with Crippen molar-refractivity contribution in [2.24, 2.45) is 0 Å². The van der Waals surface area contributed by atoms with E-state index in [2.05, 4.69) is 10.6 Å². The van der Waals surface area contributed by atoms with Gasteiger partial charge in [0.2, 0.25) is 5.91 Å². The molecule has 1 amide bonds. The third kappa shape index (κ3) is 5.19. The van der Waals surface area contributed by atoms with Crippen LogP contribution in [-0.4, -0.2) is 29.0 Å². The predicted octanol–water partition coefficient (Wildman–Crippen LogP) is 4.92. The van der Waals surface area contributed by atoms with Crippen LogP contribution in [0.1, 0.15) is 23.6 Å². The molecular formula is C20H24ClN3OS. The van der Waals surface area contributed by atoms with Crippen LogP contribution in [0, 0.1) is 20.8 Å². The molecule has 2 N–H and O–H groups in total. The van der Waals surface area contributed by atoms with Crippen LogP contribution in [0.5, 0.6) is 0 Å². The lowest BCUT2D eigenvalue weighted by molar-refractivity contribution is -0.116. The Kier molecular flexibility index (Phi) is 7.00. The number of halogens is 1. The van der Waals surface area contributed by atoms with Crippen molar-refractivity contribution in [1.29, 1.82) is 0 Å². The summed E-state index contributed by atoms with van der Waals surface area (Å²) in [4.78, 5) is 14.3. The Morgan fingerprint density at radius 3 is 2.35 bits per heavy atom. The molecule has 0 bridgehead atoms. The lowest BCUT2D eigenvalue weighted by Gasteiger charge is -2.24. The number of para-hydroxylation sites is 1. The summed E-state index contributed by atoms with van der Waals surface area (Å²) in [5.74, 6) is -0.108. The van der Waals surface area contributed by atoms with Gasteiger partial charge in [-0.3, -0.25) is 4.79 Å². The van der Waals surface area contributed by atoms with Gasteiger partial charge in [0.25, 0.3) is 0 Å². The van der Waals surface area contributed by atoms with Crippen molar-refractivity contribution in [1.82, 2.24) is 4.90 Å². The molecule has 138 valence electrons. The first kappa shape index (κ1) is 20.2. The average molecular weight is 390 g/mol. The van der Waals surface area contributed by atoms with Gasteiger partial charge >= 0.3 is 0 Å². The van der Waals surface area contributed by atoms with Gasteiger partial charge < -0.3 is 15.5 Å². The summed E-state index contributed by atoms with van der Waals surface area (Å²) in [5.41, 5.74) is 4.73. The second-order valence-corrected chi connectivity index (χ2v) is 7.04. The molecule has 0 spiro atoms. The summed E-state index contributed by atoms with van der Waals surface area (Å²) in [5, 5.41) is 7.18. The van der Waals surface area contributed by atoms with E-state index in [0.717, 1.165) is 28.1 Å². The van der Waals surface area contributed by atoms with Gasteiger partial charge in [0.15, 0.2) is 5.11 Å².